The van der Waals surface area contributed by atoms with Crippen LogP contribution in [0.4, 0.5) is 11.4 Å². The number of nitrogens with one attached hydrogen (secondary N) is 1. The van der Waals surface area contributed by atoms with Crippen LogP contribution in [0.15, 0.2) is 90.6 Å². The molecule has 0 saturated carbocycles. The summed E-state index contributed by atoms with van der Waals surface area (Å²) >= 11 is 10.9. The van der Waals surface area contributed by atoms with Crippen molar-refractivity contribution in [2.24, 2.45) is 0 Å². The first kappa shape index (κ1) is 28.2. The van der Waals surface area contributed by atoms with Crippen LogP contribution in [-0.4, -0.2) is 19.1 Å². The third-order valence-corrected chi connectivity index (χ3v) is 5.17. The van der Waals surface area contributed by atoms with Crippen LogP contribution in [-0.2, 0) is 13.1 Å². The van der Waals surface area contributed by atoms with E-state index in [1.807, 2.05) is 12.1 Å². The molecule has 6 heteroatoms. The summed E-state index contributed by atoms with van der Waals surface area (Å²) in [6, 6.07) is 24.6. The Bertz CT molecular complexity index is 1220. The molecule has 0 radical (unpaired) electrons. The van der Waals surface area contributed by atoms with E-state index in [0.29, 0.717) is 10.1 Å². The Kier molecular flexibility index (Phi) is 11.6. The molecule has 4 rings (SSSR count). The van der Waals surface area contributed by atoms with E-state index in [2.05, 4.69) is 91.3 Å². The normalized spacial score (nSPS) is 10.0. The number of fused-ring (bicyclic) bond motifs is 1. The highest BCUT2D eigenvalue weighted by Gasteiger charge is 1.98. The van der Waals surface area contributed by atoms with Crippen LogP contribution in [0.5, 0.6) is 0 Å². The molecule has 1 aromatic heterocycles. The second-order valence-corrected chi connectivity index (χ2v) is 9.47. The molecule has 4 nitrogen and oxygen atoms in total. The van der Waals surface area contributed by atoms with E-state index in [9.17, 15) is 0 Å². The third kappa shape index (κ3) is 10.4. The van der Waals surface area contributed by atoms with E-state index in [-0.39, 0.29) is 0 Å². The molecule has 0 atom stereocenters. The Hall–Kier alpha value is -3.05. The number of hydrogen-bond donors (Lipinski definition) is 2. The Morgan fingerprint density at radius 3 is 2.26 bits per heavy atom. The molecule has 0 spiro atoms. The topological polar surface area (TPSA) is 54.2 Å². The highest BCUT2D eigenvalue weighted by Crippen LogP contribution is 2.21. The lowest BCUT2D eigenvalue weighted by molar-refractivity contribution is 0.693. The van der Waals surface area contributed by atoms with Gasteiger partial charge in [-0.25, -0.2) is 0 Å². The predicted octanol–water partition coefficient (Wildman–Crippen LogP) is 7.58. The number of allylic oxidation sites excluding steroid dienone is 1. The number of rotatable bonds is 5. The molecule has 0 amide bonds. The van der Waals surface area contributed by atoms with Crippen molar-refractivity contribution in [2.75, 3.05) is 24.7 Å². The van der Waals surface area contributed by atoms with Crippen LogP contribution >= 0.6 is 23.2 Å². The van der Waals surface area contributed by atoms with Gasteiger partial charge in [0.15, 0.2) is 0 Å². The lowest BCUT2D eigenvalue weighted by Crippen LogP contribution is -2.13. The standard InChI is InChI=1S/C17H22N2.C9H7ClN2.C3H5Cl/c1-14-5-4-6-16(11-14)13-18-12-15-7-9-17(10-8-15)19(2)3;10-6-1-2-7-8(11)3-4-12-9(7)5-6;1-3(2)4/h4-11,18H,12-13H2,1-3H3;1-5H,(H2,11,12);1H2,2H3. The summed E-state index contributed by atoms with van der Waals surface area (Å²) in [5, 5.41) is 5.75. The van der Waals surface area contributed by atoms with E-state index in [1.54, 1.807) is 25.3 Å². The fraction of sp³-hybridized carbons (Fsp3) is 0.207. The number of aryl methyl sites for hydroxylation is 1. The van der Waals surface area contributed by atoms with Gasteiger partial charge in [0.25, 0.3) is 0 Å². The average molecular weight is 510 g/mol. The number of hydrogen-bond acceptors (Lipinski definition) is 4. The Morgan fingerprint density at radius 2 is 1.63 bits per heavy atom. The smallest absolute Gasteiger partial charge is 0.0737 e. The number of benzene rings is 3. The zero-order valence-electron chi connectivity index (χ0n) is 20.9. The van der Waals surface area contributed by atoms with Crippen molar-refractivity contribution < 1.29 is 0 Å². The van der Waals surface area contributed by atoms with Crippen LogP contribution < -0.4 is 16.0 Å². The molecule has 0 bridgehead atoms. The van der Waals surface area contributed by atoms with Gasteiger partial charge in [-0.05, 0) is 61.4 Å². The van der Waals surface area contributed by atoms with E-state index >= 15 is 0 Å². The number of anilines is 2. The number of nitrogens with zero attached hydrogens (tertiary/aromatic N) is 2. The van der Waals surface area contributed by atoms with Gasteiger partial charge < -0.3 is 16.0 Å². The number of pyridine rings is 1. The molecular formula is C29H34Cl2N4. The van der Waals surface area contributed by atoms with Gasteiger partial charge in [-0.1, -0.05) is 71.7 Å². The molecule has 3 aromatic carbocycles. The largest absolute Gasteiger partial charge is 0.398 e. The average Bonchev–Trinajstić information content (AvgIpc) is 2.80. The molecule has 0 aliphatic rings. The molecule has 0 aliphatic carbocycles. The molecule has 0 unspecified atom stereocenters. The van der Waals surface area contributed by atoms with Gasteiger partial charge in [0, 0.05) is 60.2 Å². The molecular weight excluding hydrogens is 475 g/mol. The Labute approximate surface area is 219 Å². The highest BCUT2D eigenvalue weighted by atomic mass is 35.5. The number of aromatic nitrogens is 1. The zero-order valence-corrected chi connectivity index (χ0v) is 22.4. The minimum absolute atomic E-state index is 0.639. The van der Waals surface area contributed by atoms with E-state index in [1.165, 1.54) is 22.4 Å². The molecule has 0 saturated heterocycles. The summed E-state index contributed by atoms with van der Waals surface area (Å²) < 4.78 is 0. The van der Waals surface area contributed by atoms with Crippen molar-refractivity contribution >= 4 is 45.5 Å². The zero-order chi connectivity index (χ0) is 25.8. The first-order valence-corrected chi connectivity index (χ1v) is 12.0. The van der Waals surface area contributed by atoms with Crippen LogP contribution in [0.2, 0.25) is 5.02 Å². The summed E-state index contributed by atoms with van der Waals surface area (Å²) in [6.07, 6.45) is 1.67. The third-order valence-electron chi connectivity index (χ3n) is 4.93. The van der Waals surface area contributed by atoms with E-state index in [0.717, 1.165) is 29.7 Å². The molecule has 35 heavy (non-hydrogen) atoms. The maximum Gasteiger partial charge on any atom is 0.0737 e. The molecule has 1 heterocycles. The van der Waals surface area contributed by atoms with Crippen LogP contribution in [0.3, 0.4) is 0 Å². The minimum Gasteiger partial charge on any atom is -0.398 e. The molecule has 0 aliphatic heterocycles. The summed E-state index contributed by atoms with van der Waals surface area (Å²) in [5.74, 6) is 0. The Morgan fingerprint density at radius 1 is 0.971 bits per heavy atom. The number of nitrogen functional groups attached to an aromatic ring is 1. The maximum atomic E-state index is 5.79. The van der Waals surface area contributed by atoms with Crippen molar-refractivity contribution in [1.82, 2.24) is 10.3 Å². The lowest BCUT2D eigenvalue weighted by Gasteiger charge is -2.13. The quantitative estimate of drug-likeness (QED) is 0.291. The lowest BCUT2D eigenvalue weighted by atomic mass is 10.1. The van der Waals surface area contributed by atoms with Gasteiger partial charge >= 0.3 is 0 Å². The maximum absolute atomic E-state index is 5.79. The SMILES string of the molecule is C=C(C)Cl.Cc1cccc(CNCc2ccc(N(C)C)cc2)c1.Nc1ccnc2cc(Cl)ccc12. The Balaban J connectivity index is 0.000000229. The first-order valence-electron chi connectivity index (χ1n) is 11.3. The summed E-state index contributed by atoms with van der Waals surface area (Å²) in [5.41, 5.74) is 12.5. The van der Waals surface area contributed by atoms with Gasteiger partial charge in [-0.2, -0.15) is 0 Å². The number of halogens is 2. The molecule has 4 aromatic rings. The first-order chi connectivity index (χ1) is 16.7. The van der Waals surface area contributed by atoms with Crippen LogP contribution in [0.1, 0.15) is 23.6 Å². The summed E-state index contributed by atoms with van der Waals surface area (Å²) in [6.45, 7) is 9.01. The van der Waals surface area contributed by atoms with E-state index in [4.69, 9.17) is 28.9 Å². The monoisotopic (exact) mass is 508 g/mol. The fourth-order valence-electron chi connectivity index (χ4n) is 3.23. The highest BCUT2D eigenvalue weighted by molar-refractivity contribution is 6.31. The van der Waals surface area contributed by atoms with Gasteiger partial charge in [0.05, 0.1) is 5.52 Å². The second kappa shape index (κ2) is 14.4. The molecule has 184 valence electrons. The van der Waals surface area contributed by atoms with Gasteiger partial charge in [-0.15, -0.1) is 0 Å². The van der Waals surface area contributed by atoms with Crippen LogP contribution in [0, 0.1) is 6.92 Å². The van der Waals surface area contributed by atoms with Crippen LogP contribution in [0.25, 0.3) is 10.9 Å². The second-order valence-electron chi connectivity index (χ2n) is 8.39. The summed E-state index contributed by atoms with van der Waals surface area (Å²) in [7, 11) is 4.12. The van der Waals surface area contributed by atoms with Gasteiger partial charge in [-0.3, -0.25) is 4.98 Å². The minimum atomic E-state index is 0.639. The van der Waals surface area contributed by atoms with E-state index < -0.39 is 0 Å². The van der Waals surface area contributed by atoms with Crippen molar-refractivity contribution in [3.05, 3.63) is 112 Å². The van der Waals surface area contributed by atoms with Gasteiger partial charge in [0.1, 0.15) is 0 Å². The predicted molar refractivity (Wildman–Crippen MR) is 154 cm³/mol. The van der Waals surface area contributed by atoms with Crippen molar-refractivity contribution in [1.29, 1.82) is 0 Å². The summed E-state index contributed by atoms with van der Waals surface area (Å²) in [4.78, 5) is 6.25. The molecule has 0 fully saturated rings. The van der Waals surface area contributed by atoms with Crippen molar-refractivity contribution in [3.63, 3.8) is 0 Å². The fourth-order valence-corrected chi connectivity index (χ4v) is 3.39. The number of nitrogens with two attached hydrogens (primary N) is 1. The van der Waals surface area contributed by atoms with Gasteiger partial charge in [0.2, 0.25) is 0 Å². The van der Waals surface area contributed by atoms with Crippen molar-refractivity contribution in [2.45, 2.75) is 26.9 Å². The molecule has 3 N–H and O–H groups in total. The van der Waals surface area contributed by atoms with Crippen molar-refractivity contribution in [3.8, 4) is 0 Å².